The van der Waals surface area contributed by atoms with Crippen molar-refractivity contribution in [3.8, 4) is 0 Å². The van der Waals surface area contributed by atoms with E-state index in [0.29, 0.717) is 0 Å². The maximum atomic E-state index is 6.24. The van der Waals surface area contributed by atoms with Crippen LogP contribution in [0.25, 0.3) is 0 Å². The summed E-state index contributed by atoms with van der Waals surface area (Å²) < 4.78 is 2.25. The molecule has 22 heavy (non-hydrogen) atoms. The average molecular weight is 308 g/mol. The van der Waals surface area contributed by atoms with Crippen molar-refractivity contribution >= 4 is 0 Å². The van der Waals surface area contributed by atoms with E-state index < -0.39 is 0 Å². The van der Waals surface area contributed by atoms with Gasteiger partial charge in [0, 0.05) is 12.1 Å². The fraction of sp³-hybridized carbons (Fsp3) is 0.842. The van der Waals surface area contributed by atoms with Crippen molar-refractivity contribution in [2.75, 3.05) is 0 Å². The monoisotopic (exact) mass is 307 g/mol. The Balaban J connectivity index is 2.26. The summed E-state index contributed by atoms with van der Waals surface area (Å²) in [6.07, 6.45) is 14.4. The van der Waals surface area contributed by atoms with E-state index in [1.54, 1.807) is 0 Å². The second-order valence-corrected chi connectivity index (χ2v) is 6.62. The van der Waals surface area contributed by atoms with Gasteiger partial charge >= 0.3 is 0 Å². The number of nitrogens with zero attached hydrogens (tertiary/aromatic N) is 2. The third-order valence-corrected chi connectivity index (χ3v) is 4.71. The molecule has 0 spiro atoms. The number of hydrogen-bond acceptors (Lipinski definition) is 2. The number of nitrogens with two attached hydrogens (primary N) is 1. The molecule has 3 heteroatoms. The SMILES string of the molecule is CCCCCCCCCCCc1nc(C)c(C)n1C(N)CC. The van der Waals surface area contributed by atoms with Crippen LogP contribution >= 0.6 is 0 Å². The molecule has 0 fully saturated rings. The molecule has 0 bridgehead atoms. The number of rotatable bonds is 12. The van der Waals surface area contributed by atoms with E-state index >= 15 is 0 Å². The van der Waals surface area contributed by atoms with Gasteiger partial charge in [0.15, 0.2) is 0 Å². The van der Waals surface area contributed by atoms with Crippen LogP contribution in [0.3, 0.4) is 0 Å². The van der Waals surface area contributed by atoms with Gasteiger partial charge in [-0.15, -0.1) is 0 Å². The van der Waals surface area contributed by atoms with E-state index in [-0.39, 0.29) is 6.17 Å². The zero-order valence-electron chi connectivity index (χ0n) is 15.3. The number of hydrogen-bond donors (Lipinski definition) is 1. The first-order valence-electron chi connectivity index (χ1n) is 9.41. The summed E-state index contributed by atoms with van der Waals surface area (Å²) >= 11 is 0. The van der Waals surface area contributed by atoms with Gasteiger partial charge in [-0.1, -0.05) is 65.2 Å². The summed E-state index contributed by atoms with van der Waals surface area (Å²) in [6, 6.07) is 0. The third-order valence-electron chi connectivity index (χ3n) is 4.71. The lowest BCUT2D eigenvalue weighted by Crippen LogP contribution is -2.21. The average Bonchev–Trinajstić information content (AvgIpc) is 2.79. The Morgan fingerprint density at radius 2 is 1.45 bits per heavy atom. The first-order chi connectivity index (χ1) is 10.6. The van der Waals surface area contributed by atoms with E-state index in [2.05, 4.69) is 32.3 Å². The summed E-state index contributed by atoms with van der Waals surface area (Å²) in [7, 11) is 0. The van der Waals surface area contributed by atoms with E-state index in [9.17, 15) is 0 Å². The van der Waals surface area contributed by atoms with Crippen molar-refractivity contribution in [2.45, 2.75) is 104 Å². The fourth-order valence-corrected chi connectivity index (χ4v) is 3.09. The van der Waals surface area contributed by atoms with Crippen LogP contribution in [0.1, 0.15) is 101 Å². The molecule has 1 unspecified atom stereocenters. The molecule has 1 aromatic heterocycles. The zero-order chi connectivity index (χ0) is 16.4. The van der Waals surface area contributed by atoms with Crippen molar-refractivity contribution in [3.63, 3.8) is 0 Å². The highest BCUT2D eigenvalue weighted by molar-refractivity contribution is 5.15. The molecule has 0 aliphatic heterocycles. The largest absolute Gasteiger partial charge is 0.316 e. The highest BCUT2D eigenvalue weighted by atomic mass is 15.2. The molecular formula is C19H37N3. The number of unbranched alkanes of at least 4 members (excludes halogenated alkanes) is 8. The van der Waals surface area contributed by atoms with Crippen LogP contribution in [0.4, 0.5) is 0 Å². The van der Waals surface area contributed by atoms with E-state index in [1.807, 2.05) is 0 Å². The van der Waals surface area contributed by atoms with Gasteiger partial charge in [0.1, 0.15) is 5.82 Å². The van der Waals surface area contributed by atoms with Crippen LogP contribution in [0, 0.1) is 13.8 Å². The molecule has 2 N–H and O–H groups in total. The number of imidazole rings is 1. The van der Waals surface area contributed by atoms with Crippen molar-refractivity contribution in [3.05, 3.63) is 17.2 Å². The Morgan fingerprint density at radius 1 is 0.909 bits per heavy atom. The van der Waals surface area contributed by atoms with E-state index in [4.69, 9.17) is 10.7 Å². The molecule has 1 heterocycles. The second-order valence-electron chi connectivity index (χ2n) is 6.62. The minimum atomic E-state index is 0.0785. The normalized spacial score (nSPS) is 12.8. The summed E-state index contributed by atoms with van der Waals surface area (Å²) in [4.78, 5) is 4.73. The van der Waals surface area contributed by atoms with Crippen molar-refractivity contribution in [1.29, 1.82) is 0 Å². The quantitative estimate of drug-likeness (QED) is 0.522. The van der Waals surface area contributed by atoms with Gasteiger partial charge in [0.25, 0.3) is 0 Å². The zero-order valence-corrected chi connectivity index (χ0v) is 15.3. The predicted molar refractivity (Wildman–Crippen MR) is 96.1 cm³/mol. The maximum absolute atomic E-state index is 6.24. The highest BCUT2D eigenvalue weighted by Crippen LogP contribution is 2.19. The van der Waals surface area contributed by atoms with Gasteiger partial charge < -0.3 is 10.3 Å². The molecule has 1 rings (SSSR count). The van der Waals surface area contributed by atoms with Crippen LogP contribution in [-0.4, -0.2) is 9.55 Å². The van der Waals surface area contributed by atoms with E-state index in [1.165, 1.54) is 69.3 Å². The summed E-state index contributed by atoms with van der Waals surface area (Å²) in [6.45, 7) is 8.64. The highest BCUT2D eigenvalue weighted by Gasteiger charge is 2.14. The lowest BCUT2D eigenvalue weighted by Gasteiger charge is -2.16. The van der Waals surface area contributed by atoms with Crippen molar-refractivity contribution in [2.24, 2.45) is 5.73 Å². The standard InChI is InChI=1S/C19H37N3/c1-5-7-8-9-10-11-12-13-14-15-19-21-16(3)17(4)22(19)18(20)6-2/h18H,5-15,20H2,1-4H3. The minimum absolute atomic E-state index is 0.0785. The fourth-order valence-electron chi connectivity index (χ4n) is 3.09. The predicted octanol–water partition coefficient (Wildman–Crippen LogP) is 5.44. The summed E-state index contributed by atoms with van der Waals surface area (Å²) in [5, 5.41) is 0. The number of aryl methyl sites for hydroxylation is 2. The van der Waals surface area contributed by atoms with Gasteiger partial charge in [-0.3, -0.25) is 0 Å². The first-order valence-corrected chi connectivity index (χ1v) is 9.41. The summed E-state index contributed by atoms with van der Waals surface area (Å²) in [5.74, 6) is 1.19. The molecular weight excluding hydrogens is 270 g/mol. The Bertz CT molecular complexity index is 409. The van der Waals surface area contributed by atoms with Gasteiger partial charge in [-0.2, -0.15) is 0 Å². The lowest BCUT2D eigenvalue weighted by atomic mass is 10.1. The molecule has 0 saturated heterocycles. The van der Waals surface area contributed by atoms with Crippen LogP contribution in [0.2, 0.25) is 0 Å². The smallest absolute Gasteiger partial charge is 0.110 e. The molecule has 128 valence electrons. The second kappa shape index (κ2) is 10.8. The Labute approximate surface area is 137 Å². The molecule has 0 aliphatic rings. The molecule has 0 aliphatic carbocycles. The van der Waals surface area contributed by atoms with Crippen LogP contribution in [0.15, 0.2) is 0 Å². The number of aromatic nitrogens is 2. The van der Waals surface area contributed by atoms with Gasteiger partial charge in [0.05, 0.1) is 11.9 Å². The van der Waals surface area contributed by atoms with Crippen molar-refractivity contribution < 1.29 is 0 Å². The van der Waals surface area contributed by atoms with Crippen LogP contribution < -0.4 is 5.73 Å². The Kier molecular flexibility index (Phi) is 9.45. The molecule has 0 radical (unpaired) electrons. The molecule has 0 aromatic carbocycles. The Hall–Kier alpha value is -0.830. The van der Waals surface area contributed by atoms with Gasteiger partial charge in [-0.25, -0.2) is 4.98 Å². The van der Waals surface area contributed by atoms with Crippen LogP contribution in [-0.2, 0) is 6.42 Å². The third kappa shape index (κ3) is 6.12. The minimum Gasteiger partial charge on any atom is -0.316 e. The molecule has 3 nitrogen and oxygen atoms in total. The molecule has 1 atom stereocenters. The van der Waals surface area contributed by atoms with E-state index in [0.717, 1.165) is 18.5 Å². The lowest BCUT2D eigenvalue weighted by molar-refractivity contribution is 0.469. The van der Waals surface area contributed by atoms with Gasteiger partial charge in [0.2, 0.25) is 0 Å². The topological polar surface area (TPSA) is 43.8 Å². The first kappa shape index (κ1) is 19.2. The summed E-state index contributed by atoms with van der Waals surface area (Å²) in [5.41, 5.74) is 8.61. The molecule has 0 saturated carbocycles. The van der Waals surface area contributed by atoms with Gasteiger partial charge in [-0.05, 0) is 26.7 Å². The molecule has 0 amide bonds. The Morgan fingerprint density at radius 3 is 2.00 bits per heavy atom. The molecule has 1 aromatic rings. The van der Waals surface area contributed by atoms with Crippen LogP contribution in [0.5, 0.6) is 0 Å². The maximum Gasteiger partial charge on any atom is 0.110 e. The van der Waals surface area contributed by atoms with Crippen molar-refractivity contribution in [1.82, 2.24) is 9.55 Å².